The molecule has 0 saturated heterocycles. The molecule has 0 aromatic carbocycles. The van der Waals surface area contributed by atoms with Crippen LogP contribution in [0.15, 0.2) is 23.3 Å². The Labute approximate surface area is 156 Å². The van der Waals surface area contributed by atoms with Crippen molar-refractivity contribution in [2.24, 2.45) is 39.9 Å². The third-order valence-electron chi connectivity index (χ3n) is 9.36. The van der Waals surface area contributed by atoms with Crippen LogP contribution in [0.2, 0.25) is 0 Å². The average Bonchev–Trinajstić information content (AvgIpc) is 3.12. The minimum atomic E-state index is 0.478. The minimum absolute atomic E-state index is 0.478. The molecule has 1 spiro atoms. The molecule has 0 aromatic heterocycles. The monoisotopic (exact) mass is 340 g/mol. The fourth-order valence-electron chi connectivity index (χ4n) is 8.29. The van der Waals surface area contributed by atoms with Crippen LogP contribution in [0.5, 0.6) is 0 Å². The van der Waals surface area contributed by atoms with E-state index in [1.165, 1.54) is 56.9 Å². The van der Waals surface area contributed by atoms with E-state index in [2.05, 4.69) is 53.7 Å². The number of rotatable bonds is 3. The molecule has 0 radical (unpaired) electrons. The van der Waals surface area contributed by atoms with Crippen molar-refractivity contribution in [2.75, 3.05) is 0 Å². The van der Waals surface area contributed by atoms with Crippen LogP contribution in [-0.4, -0.2) is 0 Å². The van der Waals surface area contributed by atoms with E-state index < -0.39 is 0 Å². The molecule has 25 heavy (non-hydrogen) atoms. The van der Waals surface area contributed by atoms with E-state index in [4.69, 9.17) is 0 Å². The molecule has 0 aliphatic heterocycles. The molecule has 0 nitrogen and oxygen atoms in total. The van der Waals surface area contributed by atoms with E-state index in [1.807, 2.05) is 5.57 Å². The van der Waals surface area contributed by atoms with Gasteiger partial charge in [0.05, 0.1) is 0 Å². The molecule has 4 rings (SSSR count). The third kappa shape index (κ3) is 2.38. The molecule has 4 aliphatic rings. The van der Waals surface area contributed by atoms with Gasteiger partial charge in [0.25, 0.3) is 0 Å². The third-order valence-corrected chi connectivity index (χ3v) is 9.36. The number of hydrogen-bond donors (Lipinski definition) is 0. The van der Waals surface area contributed by atoms with Gasteiger partial charge in [0.2, 0.25) is 0 Å². The Morgan fingerprint density at radius 3 is 2.56 bits per heavy atom. The Balaban J connectivity index is 1.74. The van der Waals surface area contributed by atoms with E-state index in [0.717, 1.165) is 23.7 Å². The average molecular weight is 341 g/mol. The van der Waals surface area contributed by atoms with E-state index in [1.54, 1.807) is 0 Å². The van der Waals surface area contributed by atoms with Gasteiger partial charge in [-0.2, -0.15) is 0 Å². The van der Waals surface area contributed by atoms with Crippen molar-refractivity contribution in [3.63, 3.8) is 0 Å². The topological polar surface area (TPSA) is 0 Å². The first kappa shape index (κ1) is 17.9. The van der Waals surface area contributed by atoms with Gasteiger partial charge in [-0.3, -0.25) is 0 Å². The molecule has 7 unspecified atom stereocenters. The lowest BCUT2D eigenvalue weighted by molar-refractivity contribution is 0.00621. The van der Waals surface area contributed by atoms with Gasteiger partial charge in [-0.25, -0.2) is 0 Å². The van der Waals surface area contributed by atoms with Gasteiger partial charge in [-0.1, -0.05) is 51.0 Å². The highest BCUT2D eigenvalue weighted by molar-refractivity contribution is 5.35. The number of fused-ring (bicyclic) bond motifs is 2. The van der Waals surface area contributed by atoms with Crippen molar-refractivity contribution in [3.8, 4) is 0 Å². The van der Waals surface area contributed by atoms with Crippen molar-refractivity contribution in [3.05, 3.63) is 23.3 Å². The summed E-state index contributed by atoms with van der Waals surface area (Å²) in [5.41, 5.74) is 5.02. The largest absolute Gasteiger partial charge is 0.0859 e. The minimum Gasteiger partial charge on any atom is -0.0859 e. The zero-order chi connectivity index (χ0) is 18.0. The summed E-state index contributed by atoms with van der Waals surface area (Å²) in [5, 5.41) is 0. The van der Waals surface area contributed by atoms with Crippen LogP contribution in [0.1, 0.15) is 92.9 Å². The van der Waals surface area contributed by atoms with Gasteiger partial charge in [0, 0.05) is 0 Å². The maximum Gasteiger partial charge on any atom is -0.00280 e. The molecule has 3 saturated carbocycles. The molecule has 4 aliphatic carbocycles. The van der Waals surface area contributed by atoms with Crippen molar-refractivity contribution >= 4 is 0 Å². The van der Waals surface area contributed by atoms with Crippen LogP contribution >= 0.6 is 0 Å². The zero-order valence-electron chi connectivity index (χ0n) is 17.6. The highest BCUT2D eigenvalue weighted by Gasteiger charge is 2.66. The number of allylic oxidation sites excluding steroid dienone is 4. The standard InChI is InChI=1S/C25H40/c1-17(2)8-7-12-23(5)14-15-24(6)16-21-18(3)11-13-25(21)19(4)9-10-20(25)22(23)24/h8,16,18-20,22H,7,9-15H2,1-6H3. The Hall–Kier alpha value is -0.520. The van der Waals surface area contributed by atoms with Gasteiger partial charge in [0.15, 0.2) is 0 Å². The van der Waals surface area contributed by atoms with Crippen molar-refractivity contribution < 1.29 is 0 Å². The molecular formula is C25H40. The fraction of sp³-hybridized carbons (Fsp3) is 0.840. The quantitative estimate of drug-likeness (QED) is 0.465. The summed E-state index contributed by atoms with van der Waals surface area (Å²) in [5.74, 6) is 3.65. The van der Waals surface area contributed by atoms with Crippen molar-refractivity contribution in [2.45, 2.75) is 92.9 Å². The van der Waals surface area contributed by atoms with Gasteiger partial charge >= 0.3 is 0 Å². The molecule has 0 heteroatoms. The SMILES string of the molecule is CC(C)=CCCC1(C)CCC2(C)C=C3C(C)CCC34C(C)CCC4C21. The van der Waals surface area contributed by atoms with Gasteiger partial charge < -0.3 is 0 Å². The molecule has 140 valence electrons. The van der Waals surface area contributed by atoms with Gasteiger partial charge in [-0.15, -0.1) is 0 Å². The predicted molar refractivity (Wildman–Crippen MR) is 108 cm³/mol. The Morgan fingerprint density at radius 2 is 1.84 bits per heavy atom. The first-order chi connectivity index (χ1) is 11.7. The van der Waals surface area contributed by atoms with Crippen LogP contribution in [0, 0.1) is 39.9 Å². The summed E-state index contributed by atoms with van der Waals surface area (Å²) in [6.45, 7) is 14.9. The highest BCUT2D eigenvalue weighted by atomic mass is 14.7. The van der Waals surface area contributed by atoms with E-state index in [0.29, 0.717) is 16.2 Å². The first-order valence-electron chi connectivity index (χ1n) is 11.1. The predicted octanol–water partition coefficient (Wildman–Crippen LogP) is 7.56. The Bertz CT molecular complexity index is 606. The van der Waals surface area contributed by atoms with Crippen LogP contribution in [-0.2, 0) is 0 Å². The second kappa shape index (κ2) is 5.74. The molecule has 0 aromatic rings. The molecule has 0 bridgehead atoms. The van der Waals surface area contributed by atoms with Gasteiger partial charge in [0.1, 0.15) is 0 Å². The molecule has 0 amide bonds. The first-order valence-corrected chi connectivity index (χ1v) is 11.1. The fourth-order valence-corrected chi connectivity index (χ4v) is 8.29. The zero-order valence-corrected chi connectivity index (χ0v) is 17.6. The lowest BCUT2D eigenvalue weighted by Gasteiger charge is -2.54. The summed E-state index contributed by atoms with van der Waals surface area (Å²) < 4.78 is 0. The van der Waals surface area contributed by atoms with Crippen LogP contribution in [0.4, 0.5) is 0 Å². The van der Waals surface area contributed by atoms with E-state index in [-0.39, 0.29) is 0 Å². The van der Waals surface area contributed by atoms with Gasteiger partial charge in [-0.05, 0) is 105 Å². The Morgan fingerprint density at radius 1 is 1.08 bits per heavy atom. The maximum atomic E-state index is 2.86. The molecule has 7 atom stereocenters. The Kier molecular flexibility index (Phi) is 4.10. The second-order valence-corrected chi connectivity index (χ2v) is 11.1. The van der Waals surface area contributed by atoms with Crippen molar-refractivity contribution in [1.29, 1.82) is 0 Å². The second-order valence-electron chi connectivity index (χ2n) is 11.1. The number of hydrogen-bond acceptors (Lipinski definition) is 0. The summed E-state index contributed by atoms with van der Waals surface area (Å²) in [6, 6.07) is 0. The lowest BCUT2D eigenvalue weighted by Crippen LogP contribution is -2.47. The van der Waals surface area contributed by atoms with Crippen molar-refractivity contribution in [1.82, 2.24) is 0 Å². The van der Waals surface area contributed by atoms with E-state index >= 15 is 0 Å². The lowest BCUT2D eigenvalue weighted by atomic mass is 9.50. The van der Waals surface area contributed by atoms with Crippen LogP contribution in [0.25, 0.3) is 0 Å². The summed E-state index contributed by atoms with van der Waals surface area (Å²) in [7, 11) is 0. The van der Waals surface area contributed by atoms with Crippen LogP contribution < -0.4 is 0 Å². The molecule has 0 heterocycles. The molecule has 0 N–H and O–H groups in total. The molecule has 3 fully saturated rings. The summed E-state index contributed by atoms with van der Waals surface area (Å²) in [4.78, 5) is 0. The summed E-state index contributed by atoms with van der Waals surface area (Å²) in [6.07, 6.45) is 16.8. The summed E-state index contributed by atoms with van der Waals surface area (Å²) >= 11 is 0. The maximum absolute atomic E-state index is 2.86. The molecular weight excluding hydrogens is 300 g/mol. The smallest absolute Gasteiger partial charge is 0.00280 e. The van der Waals surface area contributed by atoms with Crippen LogP contribution in [0.3, 0.4) is 0 Å². The normalized spacial score (nSPS) is 50.9. The highest BCUT2D eigenvalue weighted by Crippen LogP contribution is 2.74. The van der Waals surface area contributed by atoms with E-state index in [9.17, 15) is 0 Å².